The summed E-state index contributed by atoms with van der Waals surface area (Å²) in [7, 11) is 0. The molecule has 1 saturated heterocycles. The number of aromatic carboxylic acids is 1. The van der Waals surface area contributed by atoms with Gasteiger partial charge in [0.1, 0.15) is 0 Å². The summed E-state index contributed by atoms with van der Waals surface area (Å²) in [4.78, 5) is 22.8. The van der Waals surface area contributed by atoms with E-state index in [2.05, 4.69) is 10.6 Å². The number of rotatable bonds is 3. The number of aliphatic hydroxyl groups excluding tert-OH is 1. The smallest absolute Gasteiger partial charge is 0.337 e. The summed E-state index contributed by atoms with van der Waals surface area (Å²) >= 11 is 0. The number of β-amino-alcohol motifs (C(OH)–C–C–N with tert-alkyl or cyclic N) is 1. The SMILES string of the molecule is O=C(O)c1ccccc1NC(=O)C1CC(O)CN1. The van der Waals surface area contributed by atoms with Gasteiger partial charge in [0.15, 0.2) is 0 Å². The number of carbonyl (C=O) groups is 2. The number of hydrogen-bond donors (Lipinski definition) is 4. The van der Waals surface area contributed by atoms with Crippen molar-refractivity contribution in [3.63, 3.8) is 0 Å². The van der Waals surface area contributed by atoms with Crippen LogP contribution in [0, 0.1) is 0 Å². The average molecular weight is 250 g/mol. The van der Waals surface area contributed by atoms with Crippen LogP contribution in [0.3, 0.4) is 0 Å². The fourth-order valence-electron chi connectivity index (χ4n) is 1.92. The van der Waals surface area contributed by atoms with Crippen LogP contribution in [0.25, 0.3) is 0 Å². The maximum Gasteiger partial charge on any atom is 0.337 e. The molecule has 2 atom stereocenters. The number of benzene rings is 1. The third-order valence-corrected chi connectivity index (χ3v) is 2.84. The van der Waals surface area contributed by atoms with Gasteiger partial charge in [-0.25, -0.2) is 4.79 Å². The van der Waals surface area contributed by atoms with Gasteiger partial charge in [-0.3, -0.25) is 4.79 Å². The Balaban J connectivity index is 2.09. The lowest BCUT2D eigenvalue weighted by Crippen LogP contribution is -2.35. The number of hydrogen-bond acceptors (Lipinski definition) is 4. The van der Waals surface area contributed by atoms with E-state index in [-0.39, 0.29) is 17.2 Å². The van der Waals surface area contributed by atoms with E-state index in [1.165, 1.54) is 12.1 Å². The van der Waals surface area contributed by atoms with Crippen LogP contribution in [-0.2, 0) is 4.79 Å². The zero-order valence-corrected chi connectivity index (χ0v) is 9.59. The van der Waals surface area contributed by atoms with E-state index in [1.807, 2.05) is 0 Å². The first kappa shape index (κ1) is 12.5. The number of anilines is 1. The second-order valence-corrected chi connectivity index (χ2v) is 4.19. The number of carboxylic acids is 1. The molecule has 96 valence electrons. The second kappa shape index (κ2) is 5.16. The Hall–Kier alpha value is -1.92. The van der Waals surface area contributed by atoms with E-state index in [0.717, 1.165) is 0 Å². The molecule has 6 heteroatoms. The van der Waals surface area contributed by atoms with Crippen molar-refractivity contribution in [3.8, 4) is 0 Å². The zero-order valence-electron chi connectivity index (χ0n) is 9.59. The molecule has 0 aromatic heterocycles. The van der Waals surface area contributed by atoms with Crippen molar-refractivity contribution in [2.24, 2.45) is 0 Å². The van der Waals surface area contributed by atoms with Crippen LogP contribution >= 0.6 is 0 Å². The number of aliphatic hydroxyl groups is 1. The lowest BCUT2D eigenvalue weighted by Gasteiger charge is -2.12. The normalized spacial score (nSPS) is 22.7. The molecule has 0 saturated carbocycles. The third kappa shape index (κ3) is 2.66. The summed E-state index contributed by atoms with van der Waals surface area (Å²) in [6.07, 6.45) is -0.198. The Morgan fingerprint density at radius 2 is 2.06 bits per heavy atom. The molecule has 1 fully saturated rings. The molecule has 6 nitrogen and oxygen atoms in total. The molecule has 2 unspecified atom stereocenters. The van der Waals surface area contributed by atoms with Crippen molar-refractivity contribution in [2.45, 2.75) is 18.6 Å². The highest BCUT2D eigenvalue weighted by molar-refractivity contribution is 6.02. The molecule has 0 bridgehead atoms. The third-order valence-electron chi connectivity index (χ3n) is 2.84. The molecular weight excluding hydrogens is 236 g/mol. The van der Waals surface area contributed by atoms with Crippen LogP contribution in [0.4, 0.5) is 5.69 Å². The van der Waals surface area contributed by atoms with Crippen LogP contribution in [0.5, 0.6) is 0 Å². The van der Waals surface area contributed by atoms with Crippen LogP contribution in [0.2, 0.25) is 0 Å². The van der Waals surface area contributed by atoms with Crippen LogP contribution in [0.15, 0.2) is 24.3 Å². The zero-order chi connectivity index (χ0) is 13.1. The molecule has 0 aliphatic carbocycles. The number of para-hydroxylation sites is 1. The van der Waals surface area contributed by atoms with Crippen LogP contribution in [-0.4, -0.2) is 40.8 Å². The number of nitrogens with one attached hydrogen (secondary N) is 2. The molecule has 18 heavy (non-hydrogen) atoms. The highest BCUT2D eigenvalue weighted by Crippen LogP contribution is 2.16. The maximum absolute atomic E-state index is 11.9. The van der Waals surface area contributed by atoms with Crippen molar-refractivity contribution in [2.75, 3.05) is 11.9 Å². The molecule has 0 radical (unpaired) electrons. The van der Waals surface area contributed by atoms with E-state index >= 15 is 0 Å². The molecule has 4 N–H and O–H groups in total. The minimum atomic E-state index is -1.09. The molecular formula is C12H14N2O4. The van der Waals surface area contributed by atoms with Gasteiger partial charge in [0, 0.05) is 6.54 Å². The molecule has 1 heterocycles. The van der Waals surface area contributed by atoms with Crippen molar-refractivity contribution in [1.29, 1.82) is 0 Å². The summed E-state index contributed by atoms with van der Waals surface area (Å²) in [6, 6.07) is 5.72. The van der Waals surface area contributed by atoms with Crippen molar-refractivity contribution >= 4 is 17.6 Å². The first-order valence-electron chi connectivity index (χ1n) is 5.62. The first-order chi connectivity index (χ1) is 8.58. The average Bonchev–Trinajstić information content (AvgIpc) is 2.76. The summed E-state index contributed by atoms with van der Waals surface area (Å²) in [5.41, 5.74) is 0.308. The fraction of sp³-hybridized carbons (Fsp3) is 0.333. The molecule has 1 aromatic carbocycles. The van der Waals surface area contributed by atoms with Crippen molar-refractivity contribution in [1.82, 2.24) is 5.32 Å². The highest BCUT2D eigenvalue weighted by atomic mass is 16.4. The van der Waals surface area contributed by atoms with Crippen molar-refractivity contribution < 1.29 is 19.8 Å². The molecule has 0 spiro atoms. The number of amides is 1. The van der Waals surface area contributed by atoms with Crippen LogP contribution in [0.1, 0.15) is 16.8 Å². The molecule has 1 aliphatic rings. The van der Waals surface area contributed by atoms with Gasteiger partial charge in [-0.05, 0) is 18.6 Å². The Morgan fingerprint density at radius 1 is 1.33 bits per heavy atom. The quantitative estimate of drug-likeness (QED) is 0.607. The Labute approximate surface area is 104 Å². The van der Waals surface area contributed by atoms with E-state index in [0.29, 0.717) is 13.0 Å². The van der Waals surface area contributed by atoms with E-state index < -0.39 is 18.1 Å². The molecule has 1 aliphatic heterocycles. The highest BCUT2D eigenvalue weighted by Gasteiger charge is 2.28. The standard InChI is InChI=1S/C12H14N2O4/c15-7-5-10(13-6-7)11(16)14-9-4-2-1-3-8(9)12(17)18/h1-4,7,10,13,15H,5-6H2,(H,14,16)(H,17,18). The molecule has 1 amide bonds. The topological polar surface area (TPSA) is 98.7 Å². The molecule has 1 aromatic rings. The number of carboxylic acid groups (broad SMARTS) is 1. The first-order valence-corrected chi connectivity index (χ1v) is 5.62. The summed E-state index contributed by atoms with van der Waals surface area (Å²) in [6.45, 7) is 0.374. The minimum absolute atomic E-state index is 0.0457. The Morgan fingerprint density at radius 3 is 2.67 bits per heavy atom. The largest absolute Gasteiger partial charge is 0.478 e. The molecule has 2 rings (SSSR count). The summed E-state index contributed by atoms with van der Waals surface area (Å²) in [5.74, 6) is -1.43. The van der Waals surface area contributed by atoms with Gasteiger partial charge in [-0.1, -0.05) is 12.1 Å². The van der Waals surface area contributed by atoms with Gasteiger partial charge in [0.2, 0.25) is 5.91 Å². The minimum Gasteiger partial charge on any atom is -0.478 e. The monoisotopic (exact) mass is 250 g/mol. The Kier molecular flexibility index (Phi) is 3.59. The van der Waals surface area contributed by atoms with Gasteiger partial charge in [0.05, 0.1) is 23.4 Å². The van der Waals surface area contributed by atoms with Gasteiger partial charge < -0.3 is 20.8 Å². The lowest BCUT2D eigenvalue weighted by atomic mass is 10.1. The summed E-state index contributed by atoms with van der Waals surface area (Å²) < 4.78 is 0. The van der Waals surface area contributed by atoms with E-state index in [9.17, 15) is 14.7 Å². The predicted molar refractivity (Wildman–Crippen MR) is 64.4 cm³/mol. The van der Waals surface area contributed by atoms with Gasteiger partial charge in [-0.15, -0.1) is 0 Å². The van der Waals surface area contributed by atoms with Crippen LogP contribution < -0.4 is 10.6 Å². The fourth-order valence-corrected chi connectivity index (χ4v) is 1.92. The second-order valence-electron chi connectivity index (χ2n) is 4.19. The number of carbonyl (C=O) groups excluding carboxylic acids is 1. The van der Waals surface area contributed by atoms with E-state index in [4.69, 9.17) is 5.11 Å². The van der Waals surface area contributed by atoms with Gasteiger partial charge in [0.25, 0.3) is 0 Å². The predicted octanol–water partition coefficient (Wildman–Crippen LogP) is 0.0461. The van der Waals surface area contributed by atoms with Gasteiger partial charge in [-0.2, -0.15) is 0 Å². The lowest BCUT2D eigenvalue weighted by molar-refractivity contribution is -0.117. The van der Waals surface area contributed by atoms with Gasteiger partial charge >= 0.3 is 5.97 Å². The summed E-state index contributed by atoms with van der Waals surface area (Å²) in [5, 5.41) is 23.7. The van der Waals surface area contributed by atoms with Crippen molar-refractivity contribution in [3.05, 3.63) is 29.8 Å². The maximum atomic E-state index is 11.9. The Bertz CT molecular complexity index is 475. The van der Waals surface area contributed by atoms with E-state index in [1.54, 1.807) is 12.1 Å².